The molecule has 0 aliphatic carbocycles. The Morgan fingerprint density at radius 1 is 1.17 bits per heavy atom. The maximum absolute atomic E-state index is 12.9. The van der Waals surface area contributed by atoms with E-state index in [2.05, 4.69) is 20.0 Å². The molecule has 36 heavy (non-hydrogen) atoms. The summed E-state index contributed by atoms with van der Waals surface area (Å²) in [7, 11) is 1.29. The molecule has 2 rings (SSSR count). The first-order valence-corrected chi connectivity index (χ1v) is 12.5. The van der Waals surface area contributed by atoms with Crippen LogP contribution < -0.4 is 11.1 Å². The summed E-state index contributed by atoms with van der Waals surface area (Å²) in [5.74, 6) is -1.72. The summed E-state index contributed by atoms with van der Waals surface area (Å²) in [5, 5.41) is 11.4. The molecule has 1 saturated heterocycles. The number of thioether (sulfide) groups is 1. The van der Waals surface area contributed by atoms with Crippen LogP contribution in [0.1, 0.15) is 56.0 Å². The lowest BCUT2D eigenvalue weighted by Gasteiger charge is -2.28. The number of aliphatic carboxylic acids is 1. The summed E-state index contributed by atoms with van der Waals surface area (Å²) >= 11 is 1.22. The average molecular weight is 520 g/mol. The monoisotopic (exact) mass is 519 g/mol. The van der Waals surface area contributed by atoms with Crippen LogP contribution in [0.2, 0.25) is 0 Å². The highest BCUT2D eigenvalue weighted by molar-refractivity contribution is 8.15. The van der Waals surface area contributed by atoms with Gasteiger partial charge >= 0.3 is 11.9 Å². The van der Waals surface area contributed by atoms with Gasteiger partial charge in [0.15, 0.2) is 5.17 Å². The van der Waals surface area contributed by atoms with E-state index in [1.165, 1.54) is 18.9 Å². The van der Waals surface area contributed by atoms with E-state index in [9.17, 15) is 19.2 Å². The zero-order valence-corrected chi connectivity index (χ0v) is 21.7. The van der Waals surface area contributed by atoms with E-state index in [-0.39, 0.29) is 43.2 Å². The lowest BCUT2D eigenvalue weighted by Crippen LogP contribution is -2.45. The fourth-order valence-corrected chi connectivity index (χ4v) is 4.97. The van der Waals surface area contributed by atoms with E-state index in [1.807, 2.05) is 25.7 Å². The number of carboxylic acids is 1. The number of nitrogens with one attached hydrogen (secondary N) is 1. The molecule has 1 aliphatic heterocycles. The van der Waals surface area contributed by atoms with Crippen molar-refractivity contribution in [3.8, 4) is 0 Å². The zero-order valence-electron chi connectivity index (χ0n) is 20.9. The van der Waals surface area contributed by atoms with E-state index >= 15 is 0 Å². The minimum Gasteiger partial charge on any atom is -0.481 e. The fourth-order valence-electron chi connectivity index (χ4n) is 3.59. The number of carboxylic acid groups (broad SMARTS) is 1. The van der Waals surface area contributed by atoms with Gasteiger partial charge in [0, 0.05) is 42.7 Å². The van der Waals surface area contributed by atoms with Crippen LogP contribution >= 0.6 is 11.8 Å². The molecule has 12 heteroatoms. The summed E-state index contributed by atoms with van der Waals surface area (Å²) < 4.78 is 4.59. The van der Waals surface area contributed by atoms with E-state index in [0.29, 0.717) is 29.3 Å². The maximum Gasteiger partial charge on any atom is 0.307 e. The van der Waals surface area contributed by atoms with Crippen molar-refractivity contribution in [2.75, 3.05) is 20.2 Å². The number of carbonyl (C=O) groups is 4. The Labute approximate surface area is 214 Å². The second kappa shape index (κ2) is 13.6. The minimum absolute atomic E-state index is 0.00596. The molecule has 0 spiro atoms. The lowest BCUT2D eigenvalue weighted by molar-refractivity contribution is -0.140. The number of methoxy groups -OCH3 is 1. The van der Waals surface area contributed by atoms with Gasteiger partial charge in [0.05, 0.1) is 13.5 Å². The van der Waals surface area contributed by atoms with Gasteiger partial charge in [-0.05, 0) is 39.3 Å². The van der Waals surface area contributed by atoms with E-state index in [0.717, 1.165) is 0 Å². The molecule has 2 amide bonds. The maximum atomic E-state index is 12.9. The SMILES string of the molecule is COC(=O)CCNC(=O)C1SC(=NC(=O)c2ccc(C(N)=NCCCC(=O)O)cc2)N(C(C)C)C1C. The molecular weight excluding hydrogens is 486 g/mol. The molecule has 0 saturated carbocycles. The van der Waals surface area contributed by atoms with Gasteiger partial charge in [-0.2, -0.15) is 4.99 Å². The number of carbonyl (C=O) groups excluding carboxylic acids is 3. The number of ether oxygens (including phenoxy) is 1. The average Bonchev–Trinajstić information content (AvgIpc) is 3.17. The Morgan fingerprint density at radius 2 is 1.81 bits per heavy atom. The van der Waals surface area contributed by atoms with Crippen LogP contribution in [0, 0.1) is 0 Å². The molecule has 0 bridgehead atoms. The number of benzene rings is 1. The number of aliphatic imine (C=N–C) groups is 2. The number of rotatable bonds is 11. The van der Waals surface area contributed by atoms with Gasteiger partial charge in [-0.1, -0.05) is 23.9 Å². The number of hydrogen-bond acceptors (Lipinski definition) is 7. The first-order valence-electron chi connectivity index (χ1n) is 11.6. The number of amidine groups is 2. The Hall–Kier alpha value is -3.41. The second-order valence-corrected chi connectivity index (χ2v) is 9.55. The van der Waals surface area contributed by atoms with Gasteiger partial charge in [-0.3, -0.25) is 24.2 Å². The highest BCUT2D eigenvalue weighted by Gasteiger charge is 2.42. The number of nitrogens with zero attached hydrogens (tertiary/aromatic N) is 3. The molecular formula is C24H33N5O6S. The summed E-state index contributed by atoms with van der Waals surface area (Å²) in [4.78, 5) is 57.9. The Bertz CT molecular complexity index is 1020. The molecule has 0 radical (unpaired) electrons. The highest BCUT2D eigenvalue weighted by atomic mass is 32.2. The van der Waals surface area contributed by atoms with Crippen LogP contribution in [0.25, 0.3) is 0 Å². The topological polar surface area (TPSA) is 164 Å². The number of hydrogen-bond donors (Lipinski definition) is 3. The predicted octanol–water partition coefficient (Wildman–Crippen LogP) is 1.65. The third-order valence-electron chi connectivity index (χ3n) is 5.46. The van der Waals surface area contributed by atoms with Gasteiger partial charge in [0.2, 0.25) is 5.91 Å². The largest absolute Gasteiger partial charge is 0.481 e. The minimum atomic E-state index is -0.885. The van der Waals surface area contributed by atoms with Crippen LogP contribution in [0.3, 0.4) is 0 Å². The molecule has 0 aromatic heterocycles. The molecule has 1 fully saturated rings. The molecule has 1 aromatic rings. The standard InChI is InChI=1S/C24H33N5O6S/c1-14(2)29-15(3)20(23(34)27-13-11-19(32)35-4)36-24(29)28-22(33)17-9-7-16(8-10-17)21(25)26-12-5-6-18(30)31/h7-10,14-15,20H,5-6,11-13H2,1-4H3,(H2,25,26)(H,27,34)(H,30,31). The third kappa shape index (κ3) is 8.08. The highest BCUT2D eigenvalue weighted by Crippen LogP contribution is 2.33. The first-order chi connectivity index (χ1) is 17.0. The number of esters is 1. The Balaban J connectivity index is 2.09. The lowest BCUT2D eigenvalue weighted by atomic mass is 10.1. The second-order valence-electron chi connectivity index (χ2n) is 8.44. The van der Waals surface area contributed by atoms with Gasteiger partial charge in [0.1, 0.15) is 11.1 Å². The van der Waals surface area contributed by atoms with E-state index in [4.69, 9.17) is 10.8 Å². The number of amides is 2. The molecule has 1 aromatic carbocycles. The zero-order chi connectivity index (χ0) is 26.8. The van der Waals surface area contributed by atoms with Crippen molar-refractivity contribution < 1.29 is 29.0 Å². The molecule has 2 unspecified atom stereocenters. The normalized spacial score (nSPS) is 19.0. The quantitative estimate of drug-likeness (QED) is 0.171. The Kier molecular flexibility index (Phi) is 10.9. The van der Waals surface area contributed by atoms with Crippen molar-refractivity contribution in [3.05, 3.63) is 35.4 Å². The predicted molar refractivity (Wildman–Crippen MR) is 138 cm³/mol. The molecule has 4 N–H and O–H groups in total. The van der Waals surface area contributed by atoms with E-state index < -0.39 is 23.1 Å². The van der Waals surface area contributed by atoms with Crippen molar-refractivity contribution >= 4 is 46.5 Å². The fraction of sp³-hybridized carbons (Fsp3) is 0.500. The van der Waals surface area contributed by atoms with E-state index in [1.54, 1.807) is 24.3 Å². The van der Waals surface area contributed by atoms with Crippen LogP contribution in [0.15, 0.2) is 34.3 Å². The smallest absolute Gasteiger partial charge is 0.307 e. The summed E-state index contributed by atoms with van der Waals surface area (Å²) in [6, 6.07) is 6.31. The summed E-state index contributed by atoms with van der Waals surface area (Å²) in [5.41, 5.74) is 6.93. The molecule has 1 heterocycles. The van der Waals surface area contributed by atoms with Crippen molar-refractivity contribution in [2.24, 2.45) is 15.7 Å². The summed E-state index contributed by atoms with van der Waals surface area (Å²) in [6.45, 7) is 6.28. The van der Waals surface area contributed by atoms with Crippen molar-refractivity contribution in [1.82, 2.24) is 10.2 Å². The molecule has 2 atom stereocenters. The van der Waals surface area contributed by atoms with Gasteiger partial charge in [0.25, 0.3) is 5.91 Å². The Morgan fingerprint density at radius 3 is 2.39 bits per heavy atom. The van der Waals surface area contributed by atoms with Crippen LogP contribution in [0.5, 0.6) is 0 Å². The van der Waals surface area contributed by atoms with Crippen LogP contribution in [0.4, 0.5) is 0 Å². The van der Waals surface area contributed by atoms with Crippen molar-refractivity contribution in [2.45, 2.75) is 57.4 Å². The van der Waals surface area contributed by atoms with Crippen molar-refractivity contribution in [3.63, 3.8) is 0 Å². The van der Waals surface area contributed by atoms with Gasteiger partial charge in [-0.15, -0.1) is 0 Å². The van der Waals surface area contributed by atoms with Crippen LogP contribution in [-0.2, 0) is 19.1 Å². The summed E-state index contributed by atoms with van der Waals surface area (Å²) in [6.07, 6.45) is 0.482. The molecule has 196 valence electrons. The molecule has 11 nitrogen and oxygen atoms in total. The molecule has 1 aliphatic rings. The van der Waals surface area contributed by atoms with Crippen molar-refractivity contribution in [1.29, 1.82) is 0 Å². The van der Waals surface area contributed by atoms with Gasteiger partial charge < -0.3 is 25.8 Å². The number of nitrogens with two attached hydrogens (primary N) is 1. The first kappa shape index (κ1) is 28.8. The van der Waals surface area contributed by atoms with Crippen LogP contribution in [-0.4, -0.2) is 82.3 Å². The third-order valence-corrected chi connectivity index (χ3v) is 6.83. The van der Waals surface area contributed by atoms with Gasteiger partial charge in [-0.25, -0.2) is 0 Å².